The monoisotopic (exact) mass is 1020 g/mol. The van der Waals surface area contributed by atoms with E-state index < -0.39 is 6.10 Å². The Balaban J connectivity index is 4.11. The fraction of sp³-hybridized carbons (Fsp3) is 0.662. The molecule has 0 saturated heterocycles. The lowest BCUT2D eigenvalue weighted by Crippen LogP contribution is -2.30. The minimum atomic E-state index is -0.787. The Morgan fingerprint density at radius 1 is 0.284 bits per heavy atom. The van der Waals surface area contributed by atoms with Crippen molar-refractivity contribution in [2.75, 3.05) is 13.2 Å². The lowest BCUT2D eigenvalue weighted by atomic mass is 10.1. The van der Waals surface area contributed by atoms with Crippen LogP contribution in [0.4, 0.5) is 0 Å². The quantitative estimate of drug-likeness (QED) is 0.0261. The molecule has 0 radical (unpaired) electrons. The first-order valence-corrected chi connectivity index (χ1v) is 30.5. The van der Waals surface area contributed by atoms with Gasteiger partial charge in [-0.05, 0) is 122 Å². The van der Waals surface area contributed by atoms with Crippen LogP contribution >= 0.6 is 0 Å². The zero-order valence-electron chi connectivity index (χ0n) is 48.1. The predicted molar refractivity (Wildman–Crippen MR) is 320 cm³/mol. The van der Waals surface area contributed by atoms with Crippen LogP contribution in [-0.2, 0) is 28.6 Å². The van der Waals surface area contributed by atoms with E-state index in [1.165, 1.54) is 89.9 Å². The third kappa shape index (κ3) is 58.7. The molecule has 6 heteroatoms. The molecule has 0 fully saturated rings. The van der Waals surface area contributed by atoms with Crippen LogP contribution in [0.5, 0.6) is 0 Å². The SMILES string of the molecule is CC/C=C\C/C=C\C/C=C\C/C=C\C/C=C\C/C=C\C/C=C\C/C=C\CCCCCCCCCCCCC(=O)OCC(COC(=O)CCCCCCC/C=C\CCC)OC(=O)CCCCCCC/C=C\CCCC. The minimum Gasteiger partial charge on any atom is -0.462 e. The summed E-state index contributed by atoms with van der Waals surface area (Å²) >= 11 is 0. The zero-order valence-corrected chi connectivity index (χ0v) is 48.1. The lowest BCUT2D eigenvalue weighted by Gasteiger charge is -2.18. The van der Waals surface area contributed by atoms with Gasteiger partial charge in [0.2, 0.25) is 0 Å². The highest BCUT2D eigenvalue weighted by atomic mass is 16.6. The standard InChI is InChI=1S/C68H112O6/c1-4-7-10-13-16-19-22-23-24-25-26-27-28-29-30-31-32-33-34-35-36-37-38-39-40-41-42-43-44-45-47-49-52-55-58-61-67(70)73-64-65(63-72-66(69)60-57-54-51-48-21-18-15-12-9-6-3)74-68(71)62-59-56-53-50-46-20-17-14-11-8-5-2/h7,10,12,14-17,19,23-24,26-27,29-30,32-33,35-36,38-39,65H,4-6,8-9,11,13,18,20-22,25,28,31,34,37,40-64H2,1-3H3/b10-7-,15-12-,17-14-,19-16-,24-23-,27-26-,30-29-,33-32-,36-35-,39-38-. The molecule has 0 aliphatic heterocycles. The highest BCUT2D eigenvalue weighted by Gasteiger charge is 2.19. The second kappa shape index (κ2) is 61.4. The van der Waals surface area contributed by atoms with Crippen LogP contribution < -0.4 is 0 Å². The summed E-state index contributed by atoms with van der Waals surface area (Å²) in [5, 5.41) is 0. The van der Waals surface area contributed by atoms with Gasteiger partial charge in [-0.1, -0.05) is 251 Å². The Morgan fingerprint density at radius 3 is 0.892 bits per heavy atom. The number of unbranched alkanes of at least 4 members (excludes halogenated alkanes) is 23. The fourth-order valence-corrected chi connectivity index (χ4v) is 8.09. The Morgan fingerprint density at radius 2 is 0.554 bits per heavy atom. The van der Waals surface area contributed by atoms with Crippen molar-refractivity contribution in [2.24, 2.45) is 0 Å². The molecule has 0 spiro atoms. The van der Waals surface area contributed by atoms with Gasteiger partial charge in [-0.25, -0.2) is 0 Å². The van der Waals surface area contributed by atoms with E-state index in [2.05, 4.69) is 142 Å². The number of ether oxygens (including phenoxy) is 3. The summed E-state index contributed by atoms with van der Waals surface area (Å²) in [5.41, 5.74) is 0. The van der Waals surface area contributed by atoms with Gasteiger partial charge in [-0.3, -0.25) is 14.4 Å². The molecule has 74 heavy (non-hydrogen) atoms. The molecule has 1 atom stereocenters. The second-order valence-corrected chi connectivity index (χ2v) is 19.9. The van der Waals surface area contributed by atoms with Crippen molar-refractivity contribution in [1.82, 2.24) is 0 Å². The van der Waals surface area contributed by atoms with Crippen molar-refractivity contribution in [2.45, 2.75) is 277 Å². The van der Waals surface area contributed by atoms with E-state index in [1.54, 1.807) is 0 Å². The van der Waals surface area contributed by atoms with Crippen LogP contribution in [0.15, 0.2) is 122 Å². The Hall–Kier alpha value is -4.19. The third-order valence-corrected chi connectivity index (χ3v) is 12.7. The van der Waals surface area contributed by atoms with Crippen LogP contribution in [0.1, 0.15) is 271 Å². The molecule has 0 heterocycles. The number of allylic oxidation sites excluding steroid dienone is 20. The van der Waals surface area contributed by atoms with E-state index in [1.807, 2.05) is 0 Å². The van der Waals surface area contributed by atoms with E-state index in [0.717, 1.165) is 141 Å². The molecule has 1 unspecified atom stereocenters. The van der Waals surface area contributed by atoms with E-state index in [4.69, 9.17) is 14.2 Å². The molecule has 0 aromatic carbocycles. The van der Waals surface area contributed by atoms with Crippen molar-refractivity contribution in [3.05, 3.63) is 122 Å². The van der Waals surface area contributed by atoms with Crippen molar-refractivity contribution < 1.29 is 28.6 Å². The van der Waals surface area contributed by atoms with Gasteiger partial charge in [-0.15, -0.1) is 0 Å². The highest BCUT2D eigenvalue weighted by molar-refractivity contribution is 5.71. The first kappa shape index (κ1) is 69.8. The number of rotatable bonds is 54. The average molecular weight is 1030 g/mol. The zero-order chi connectivity index (χ0) is 53.6. The maximum absolute atomic E-state index is 12.8. The van der Waals surface area contributed by atoms with Gasteiger partial charge in [0.15, 0.2) is 6.10 Å². The molecule has 420 valence electrons. The van der Waals surface area contributed by atoms with Crippen LogP contribution in [-0.4, -0.2) is 37.2 Å². The Kier molecular flexibility index (Phi) is 57.9. The number of carbonyl (C=O) groups is 3. The Labute approximate surface area is 456 Å². The van der Waals surface area contributed by atoms with Crippen LogP contribution in [0.3, 0.4) is 0 Å². The molecule has 0 aromatic rings. The molecule has 0 rings (SSSR count). The molecule has 0 aliphatic rings. The number of hydrogen-bond donors (Lipinski definition) is 0. The maximum Gasteiger partial charge on any atom is 0.306 e. The van der Waals surface area contributed by atoms with E-state index in [9.17, 15) is 14.4 Å². The molecule has 0 N–H and O–H groups in total. The highest BCUT2D eigenvalue weighted by Crippen LogP contribution is 2.15. The largest absolute Gasteiger partial charge is 0.462 e. The molecule has 6 nitrogen and oxygen atoms in total. The number of hydrogen-bond acceptors (Lipinski definition) is 6. The van der Waals surface area contributed by atoms with Crippen molar-refractivity contribution in [1.29, 1.82) is 0 Å². The molecule has 0 aromatic heterocycles. The van der Waals surface area contributed by atoms with E-state index in [0.29, 0.717) is 19.3 Å². The summed E-state index contributed by atoms with van der Waals surface area (Å²) in [6.07, 6.45) is 85.1. The summed E-state index contributed by atoms with van der Waals surface area (Å²) < 4.78 is 16.8. The predicted octanol–water partition coefficient (Wildman–Crippen LogP) is 20.8. The summed E-state index contributed by atoms with van der Waals surface area (Å²) in [5.74, 6) is -0.913. The van der Waals surface area contributed by atoms with E-state index >= 15 is 0 Å². The summed E-state index contributed by atoms with van der Waals surface area (Å²) in [6.45, 7) is 6.40. The first-order valence-electron chi connectivity index (χ1n) is 30.5. The van der Waals surface area contributed by atoms with Gasteiger partial charge < -0.3 is 14.2 Å². The topological polar surface area (TPSA) is 78.9 Å². The van der Waals surface area contributed by atoms with Gasteiger partial charge in [0.25, 0.3) is 0 Å². The van der Waals surface area contributed by atoms with Gasteiger partial charge in [-0.2, -0.15) is 0 Å². The number of esters is 3. The van der Waals surface area contributed by atoms with Gasteiger partial charge >= 0.3 is 17.9 Å². The molecule has 0 aliphatic carbocycles. The second-order valence-electron chi connectivity index (χ2n) is 19.9. The van der Waals surface area contributed by atoms with Crippen LogP contribution in [0.25, 0.3) is 0 Å². The summed E-state index contributed by atoms with van der Waals surface area (Å²) in [6, 6.07) is 0. The fourth-order valence-electron chi connectivity index (χ4n) is 8.09. The van der Waals surface area contributed by atoms with Crippen molar-refractivity contribution in [3.63, 3.8) is 0 Å². The molecule has 0 bridgehead atoms. The van der Waals surface area contributed by atoms with Gasteiger partial charge in [0.1, 0.15) is 13.2 Å². The summed E-state index contributed by atoms with van der Waals surface area (Å²) in [7, 11) is 0. The molecular formula is C68H112O6. The lowest BCUT2D eigenvalue weighted by molar-refractivity contribution is -0.167. The van der Waals surface area contributed by atoms with Crippen LogP contribution in [0, 0.1) is 0 Å². The third-order valence-electron chi connectivity index (χ3n) is 12.7. The van der Waals surface area contributed by atoms with Gasteiger partial charge in [0.05, 0.1) is 0 Å². The minimum absolute atomic E-state index is 0.0870. The average Bonchev–Trinajstić information content (AvgIpc) is 3.40. The van der Waals surface area contributed by atoms with Crippen LogP contribution in [0.2, 0.25) is 0 Å². The molecule has 0 amide bonds. The van der Waals surface area contributed by atoms with E-state index in [-0.39, 0.29) is 31.1 Å². The maximum atomic E-state index is 12.8. The molecular weight excluding hydrogens is 913 g/mol. The molecule has 0 saturated carbocycles. The number of carbonyl (C=O) groups excluding carboxylic acids is 3. The smallest absolute Gasteiger partial charge is 0.306 e. The van der Waals surface area contributed by atoms with Crippen molar-refractivity contribution in [3.8, 4) is 0 Å². The normalized spacial score (nSPS) is 13.0. The first-order chi connectivity index (χ1) is 36.5. The van der Waals surface area contributed by atoms with Crippen molar-refractivity contribution >= 4 is 17.9 Å². The Bertz CT molecular complexity index is 1550. The summed E-state index contributed by atoms with van der Waals surface area (Å²) in [4.78, 5) is 38.0. The van der Waals surface area contributed by atoms with Gasteiger partial charge in [0, 0.05) is 19.3 Å².